The summed E-state index contributed by atoms with van der Waals surface area (Å²) >= 11 is 0. The molecule has 11 heteroatoms. The van der Waals surface area contributed by atoms with Crippen LogP contribution in [-0.2, 0) is 11.2 Å². The van der Waals surface area contributed by atoms with E-state index in [-0.39, 0.29) is 17.4 Å². The molecular weight excluding hydrogens is 546 g/mol. The lowest BCUT2D eigenvalue weighted by Gasteiger charge is -2.32. The summed E-state index contributed by atoms with van der Waals surface area (Å²) in [4.78, 5) is 39.7. The number of carbonyl (C=O) groups is 1. The topological polar surface area (TPSA) is 143 Å². The van der Waals surface area contributed by atoms with Gasteiger partial charge in [0.1, 0.15) is 0 Å². The molecule has 0 aliphatic carbocycles. The fourth-order valence-electron chi connectivity index (χ4n) is 5.84. The molecule has 7 rings (SSSR count). The van der Waals surface area contributed by atoms with E-state index >= 15 is 0 Å². The fourth-order valence-corrected chi connectivity index (χ4v) is 5.84. The highest BCUT2D eigenvalue weighted by molar-refractivity contribution is 5.82. The number of nitrogens with zero attached hydrogens (tertiary/aromatic N) is 5. The highest BCUT2D eigenvalue weighted by atomic mass is 16.6. The molecule has 0 spiro atoms. The second-order valence-electron chi connectivity index (χ2n) is 10.9. The van der Waals surface area contributed by atoms with Gasteiger partial charge in [-0.3, -0.25) is 14.9 Å². The number of carbonyl (C=O) groups excluding carboxylic acids is 1. The van der Waals surface area contributed by atoms with Gasteiger partial charge in [-0.15, -0.1) is 0 Å². The minimum absolute atomic E-state index is 0.0517. The normalized spacial score (nSPS) is 14.8. The Morgan fingerprint density at radius 2 is 1.95 bits per heavy atom. The molecule has 0 saturated carbocycles. The molecule has 11 nitrogen and oxygen atoms in total. The average molecular weight is 576 g/mol. The largest absolute Gasteiger partial charge is 0.436 e. The summed E-state index contributed by atoms with van der Waals surface area (Å²) in [6, 6.07) is 17.4. The molecule has 4 aromatic heterocycles. The second-order valence-corrected chi connectivity index (χ2v) is 10.9. The smallest absolute Gasteiger partial charge is 0.410 e. The number of H-pyrrole nitrogens is 2. The van der Waals surface area contributed by atoms with Crippen molar-refractivity contribution in [3.05, 3.63) is 106 Å². The summed E-state index contributed by atoms with van der Waals surface area (Å²) in [5.74, 6) is 0.623. The Morgan fingerprint density at radius 1 is 1.09 bits per heavy atom. The van der Waals surface area contributed by atoms with Gasteiger partial charge in [0.2, 0.25) is 5.82 Å². The molecule has 1 aliphatic rings. The molecule has 6 aromatic rings. The average Bonchev–Trinajstić information content (AvgIpc) is 3.72. The Morgan fingerprint density at radius 3 is 2.79 bits per heavy atom. The molecule has 1 fully saturated rings. The molecule has 2 N–H and O–H groups in total. The Kier molecular flexibility index (Phi) is 6.90. The van der Waals surface area contributed by atoms with E-state index in [0.29, 0.717) is 43.7 Å². The maximum atomic E-state index is 13.5. The lowest BCUT2D eigenvalue weighted by atomic mass is 9.89. The Bertz CT molecular complexity index is 1970. The first-order valence-electron chi connectivity index (χ1n) is 14.3. The lowest BCUT2D eigenvalue weighted by Crippen LogP contribution is -2.39. The van der Waals surface area contributed by atoms with Crippen LogP contribution in [0.3, 0.4) is 0 Å². The van der Waals surface area contributed by atoms with Gasteiger partial charge in [-0.25, -0.2) is 4.79 Å². The number of likely N-dealkylation sites (tertiary alicyclic amines) is 1. The number of nitrogens with one attached hydrogen (secondary N) is 2. The van der Waals surface area contributed by atoms with Gasteiger partial charge in [0.25, 0.3) is 11.4 Å². The van der Waals surface area contributed by atoms with Crippen molar-refractivity contribution in [3.63, 3.8) is 0 Å². The summed E-state index contributed by atoms with van der Waals surface area (Å²) in [7, 11) is 0. The molecule has 2 aromatic carbocycles. The van der Waals surface area contributed by atoms with Crippen LogP contribution < -0.4 is 5.56 Å². The van der Waals surface area contributed by atoms with Crippen molar-refractivity contribution in [3.8, 4) is 11.4 Å². The second kappa shape index (κ2) is 11.2. The van der Waals surface area contributed by atoms with E-state index in [0.717, 1.165) is 38.5 Å². The summed E-state index contributed by atoms with van der Waals surface area (Å²) in [6.45, 7) is 2.93. The van der Waals surface area contributed by atoms with Gasteiger partial charge in [-0.2, -0.15) is 10.1 Å². The summed E-state index contributed by atoms with van der Waals surface area (Å²) in [5, 5.41) is 13.2. The highest BCUT2D eigenvalue weighted by Crippen LogP contribution is 2.30. The third kappa shape index (κ3) is 5.36. The molecule has 0 radical (unpaired) electrons. The number of aromatic amines is 2. The molecule has 1 atom stereocenters. The van der Waals surface area contributed by atoms with Crippen molar-refractivity contribution in [2.24, 2.45) is 0 Å². The number of para-hydroxylation sites is 1. The lowest BCUT2D eigenvalue weighted by molar-refractivity contribution is 0.0416. The van der Waals surface area contributed by atoms with Crippen molar-refractivity contribution in [1.29, 1.82) is 0 Å². The van der Waals surface area contributed by atoms with E-state index < -0.39 is 12.2 Å². The highest BCUT2D eigenvalue weighted by Gasteiger charge is 2.31. The predicted octanol–water partition coefficient (Wildman–Crippen LogP) is 5.46. The van der Waals surface area contributed by atoms with Crippen LogP contribution in [0.4, 0.5) is 4.79 Å². The third-order valence-electron chi connectivity index (χ3n) is 8.08. The van der Waals surface area contributed by atoms with Crippen LogP contribution in [0, 0.1) is 6.92 Å². The molecule has 1 amide bonds. The van der Waals surface area contributed by atoms with Crippen molar-refractivity contribution in [2.75, 3.05) is 13.1 Å². The number of aryl methyl sites for hydroxylation is 1. The number of piperidine rings is 1. The summed E-state index contributed by atoms with van der Waals surface area (Å²) < 4.78 is 11.7. The number of pyridine rings is 2. The number of amides is 1. The molecule has 1 saturated heterocycles. The van der Waals surface area contributed by atoms with E-state index in [1.54, 1.807) is 29.6 Å². The monoisotopic (exact) mass is 575 g/mol. The van der Waals surface area contributed by atoms with Crippen LogP contribution in [-0.4, -0.2) is 54.4 Å². The first-order valence-corrected chi connectivity index (χ1v) is 14.3. The van der Waals surface area contributed by atoms with Crippen LogP contribution in [0.25, 0.3) is 33.2 Å². The van der Waals surface area contributed by atoms with E-state index in [1.807, 2.05) is 55.5 Å². The first-order chi connectivity index (χ1) is 21.0. The molecule has 0 bridgehead atoms. The van der Waals surface area contributed by atoms with Gasteiger partial charge in [-0.1, -0.05) is 29.4 Å². The zero-order valence-corrected chi connectivity index (χ0v) is 23.5. The predicted molar refractivity (Wildman–Crippen MR) is 159 cm³/mol. The Hall–Kier alpha value is -5.32. The van der Waals surface area contributed by atoms with Crippen molar-refractivity contribution >= 4 is 27.9 Å². The Labute approximate surface area is 245 Å². The number of hydrogen-bond donors (Lipinski definition) is 2. The van der Waals surface area contributed by atoms with Gasteiger partial charge in [-0.05, 0) is 72.5 Å². The number of hydrogen-bond acceptors (Lipinski definition) is 8. The van der Waals surface area contributed by atoms with Gasteiger partial charge in [0, 0.05) is 53.9 Å². The van der Waals surface area contributed by atoms with Gasteiger partial charge >= 0.3 is 6.09 Å². The number of fused-ring (bicyclic) bond motifs is 2. The zero-order valence-electron chi connectivity index (χ0n) is 23.5. The quantitative estimate of drug-likeness (QED) is 0.267. The molecule has 1 unspecified atom stereocenters. The van der Waals surface area contributed by atoms with Crippen molar-refractivity contribution in [2.45, 2.75) is 38.2 Å². The molecular formula is C32H29N7O4. The van der Waals surface area contributed by atoms with Crippen molar-refractivity contribution < 1.29 is 14.1 Å². The first kappa shape index (κ1) is 26.6. The van der Waals surface area contributed by atoms with Crippen LogP contribution in [0.1, 0.15) is 47.4 Å². The van der Waals surface area contributed by atoms with Gasteiger partial charge in [0.05, 0.1) is 11.7 Å². The number of ether oxygens (including phenoxy) is 1. The molecule has 43 heavy (non-hydrogen) atoms. The van der Waals surface area contributed by atoms with Crippen LogP contribution in [0.15, 0.2) is 82.5 Å². The van der Waals surface area contributed by atoms with E-state index in [2.05, 4.69) is 30.3 Å². The van der Waals surface area contributed by atoms with Crippen LogP contribution in [0.5, 0.6) is 0 Å². The zero-order chi connectivity index (χ0) is 29.3. The maximum absolute atomic E-state index is 13.5. The van der Waals surface area contributed by atoms with Gasteiger partial charge in [0.15, 0.2) is 6.10 Å². The molecule has 216 valence electrons. The molecule has 5 heterocycles. The minimum Gasteiger partial charge on any atom is -0.436 e. The van der Waals surface area contributed by atoms with Crippen LogP contribution >= 0.6 is 0 Å². The SMILES string of the molecule is Cc1cc(CC(OC(=O)N2CCC(c3cc4ccccc4[nH]c3=O)CC2)c2nc(-c3cccnc3)no2)cc2cn[nH]c12. The van der Waals surface area contributed by atoms with E-state index in [1.165, 1.54) is 0 Å². The number of rotatable bonds is 6. The minimum atomic E-state index is -0.810. The third-order valence-corrected chi connectivity index (χ3v) is 8.08. The standard InChI is InChI=1S/C32H29N7O4/c1-19-13-20(14-24-18-34-37-28(19)24)15-27(31-36-29(38-43-31)23-6-4-10-33-17-23)42-32(41)39-11-8-21(9-12-39)25-16-22-5-2-3-7-26(22)35-30(25)40/h2-7,10,13-14,16-18,21,27H,8-9,11-12,15H2,1H3,(H,34,37)(H,35,40). The maximum Gasteiger partial charge on any atom is 0.410 e. The Balaban J connectivity index is 1.10. The van der Waals surface area contributed by atoms with Crippen LogP contribution in [0.2, 0.25) is 0 Å². The summed E-state index contributed by atoms with van der Waals surface area (Å²) in [6.07, 6.45) is 5.47. The fraction of sp³-hybridized carbons (Fsp3) is 0.250. The summed E-state index contributed by atoms with van der Waals surface area (Å²) in [5.41, 5.74) is 5.13. The number of benzene rings is 2. The molecule has 1 aliphatic heterocycles. The van der Waals surface area contributed by atoms with E-state index in [9.17, 15) is 9.59 Å². The van der Waals surface area contributed by atoms with Crippen molar-refractivity contribution in [1.82, 2.24) is 35.2 Å². The van der Waals surface area contributed by atoms with Gasteiger partial charge < -0.3 is 19.1 Å². The number of aromatic nitrogens is 6. The van der Waals surface area contributed by atoms with E-state index in [4.69, 9.17) is 9.26 Å².